The lowest BCUT2D eigenvalue weighted by molar-refractivity contribution is -0.607. The van der Waals surface area contributed by atoms with Crippen molar-refractivity contribution < 1.29 is 4.73 Å². The summed E-state index contributed by atoms with van der Waals surface area (Å²) in [5.41, 5.74) is 4.77. The topological polar surface area (TPSA) is 26.9 Å². The average molecular weight is 287 g/mol. The first-order chi connectivity index (χ1) is 10.7. The molecule has 0 spiro atoms. The van der Waals surface area contributed by atoms with Crippen LogP contribution in [0.3, 0.4) is 0 Å². The number of hydrogen-bond acceptors (Lipinski definition) is 1. The molecule has 1 heterocycles. The average Bonchev–Trinajstić information content (AvgIpc) is 2.56. The molecule has 0 bridgehead atoms. The highest BCUT2D eigenvalue weighted by Crippen LogP contribution is 2.21. The second-order valence-corrected chi connectivity index (χ2v) is 5.25. The predicted octanol–water partition coefficient (Wildman–Crippen LogP) is 3.97. The standard InChI is InChI=1S/C20H17NO/c1-16(20-12-5-6-13-21(20)22)19-11-7-10-18(15-19)14-17-8-3-2-4-9-17/h2-13,15H,1,14H2. The highest BCUT2D eigenvalue weighted by atomic mass is 16.5. The lowest BCUT2D eigenvalue weighted by atomic mass is 9.98. The molecule has 0 saturated carbocycles. The summed E-state index contributed by atoms with van der Waals surface area (Å²) in [6.07, 6.45) is 2.36. The fourth-order valence-electron chi connectivity index (χ4n) is 2.51. The Labute approximate surface area is 130 Å². The first-order valence-corrected chi connectivity index (χ1v) is 7.25. The largest absolute Gasteiger partial charge is 0.618 e. The van der Waals surface area contributed by atoms with Crippen LogP contribution in [-0.2, 0) is 6.42 Å². The van der Waals surface area contributed by atoms with Crippen LogP contribution in [0.5, 0.6) is 0 Å². The zero-order valence-corrected chi connectivity index (χ0v) is 12.3. The van der Waals surface area contributed by atoms with E-state index in [1.165, 1.54) is 17.3 Å². The van der Waals surface area contributed by atoms with Crippen LogP contribution in [0.4, 0.5) is 0 Å². The molecular weight excluding hydrogens is 270 g/mol. The van der Waals surface area contributed by atoms with Crippen LogP contribution in [0.25, 0.3) is 5.57 Å². The number of pyridine rings is 1. The molecule has 0 radical (unpaired) electrons. The van der Waals surface area contributed by atoms with Gasteiger partial charge in [-0.15, -0.1) is 0 Å². The van der Waals surface area contributed by atoms with Gasteiger partial charge in [-0.1, -0.05) is 61.2 Å². The molecule has 1 aromatic heterocycles. The summed E-state index contributed by atoms with van der Waals surface area (Å²) in [6.45, 7) is 4.08. The van der Waals surface area contributed by atoms with Crippen molar-refractivity contribution in [3.8, 4) is 0 Å². The van der Waals surface area contributed by atoms with E-state index in [1.54, 1.807) is 12.1 Å². The van der Waals surface area contributed by atoms with Crippen LogP contribution in [0.2, 0.25) is 0 Å². The van der Waals surface area contributed by atoms with Crippen molar-refractivity contribution in [3.05, 3.63) is 113 Å². The number of rotatable bonds is 4. The predicted molar refractivity (Wildman–Crippen MR) is 89.2 cm³/mol. The van der Waals surface area contributed by atoms with E-state index in [4.69, 9.17) is 0 Å². The first-order valence-electron chi connectivity index (χ1n) is 7.25. The zero-order chi connectivity index (χ0) is 15.4. The Kier molecular flexibility index (Phi) is 4.01. The van der Waals surface area contributed by atoms with Gasteiger partial charge in [-0.25, -0.2) is 0 Å². The minimum atomic E-state index is 0.583. The molecule has 0 aliphatic carbocycles. The molecular formula is C20H17NO. The molecule has 0 amide bonds. The van der Waals surface area contributed by atoms with E-state index in [9.17, 15) is 5.21 Å². The van der Waals surface area contributed by atoms with Crippen molar-refractivity contribution in [2.24, 2.45) is 0 Å². The van der Waals surface area contributed by atoms with E-state index >= 15 is 0 Å². The van der Waals surface area contributed by atoms with Crippen LogP contribution in [0.15, 0.2) is 85.6 Å². The van der Waals surface area contributed by atoms with Crippen LogP contribution in [0.1, 0.15) is 22.4 Å². The van der Waals surface area contributed by atoms with Gasteiger partial charge in [-0.2, -0.15) is 4.73 Å². The smallest absolute Gasteiger partial charge is 0.223 e. The van der Waals surface area contributed by atoms with Gasteiger partial charge in [0.2, 0.25) is 5.69 Å². The van der Waals surface area contributed by atoms with Crippen molar-refractivity contribution in [3.63, 3.8) is 0 Å². The quantitative estimate of drug-likeness (QED) is 0.527. The summed E-state index contributed by atoms with van der Waals surface area (Å²) >= 11 is 0. The fraction of sp³-hybridized carbons (Fsp3) is 0.0500. The Bertz CT molecular complexity index is 794. The van der Waals surface area contributed by atoms with Gasteiger partial charge in [0.15, 0.2) is 6.20 Å². The van der Waals surface area contributed by atoms with Gasteiger partial charge in [0.05, 0.1) is 0 Å². The molecule has 0 atom stereocenters. The first kappa shape index (κ1) is 14.1. The maximum Gasteiger partial charge on any atom is 0.223 e. The Hall–Kier alpha value is -2.87. The molecule has 2 aromatic carbocycles. The minimum absolute atomic E-state index is 0.583. The van der Waals surface area contributed by atoms with Crippen molar-refractivity contribution in [2.75, 3.05) is 0 Å². The lowest BCUT2D eigenvalue weighted by Crippen LogP contribution is -2.30. The van der Waals surface area contributed by atoms with Crippen molar-refractivity contribution in [1.82, 2.24) is 0 Å². The van der Waals surface area contributed by atoms with Crippen LogP contribution in [-0.4, -0.2) is 0 Å². The molecule has 0 aliphatic rings. The van der Waals surface area contributed by atoms with Gasteiger partial charge in [0.25, 0.3) is 0 Å². The summed E-state index contributed by atoms with van der Waals surface area (Å²) in [6, 6.07) is 23.9. The summed E-state index contributed by atoms with van der Waals surface area (Å²) in [4.78, 5) is 0. The maximum absolute atomic E-state index is 11.9. The highest BCUT2D eigenvalue weighted by Gasteiger charge is 2.11. The Balaban J connectivity index is 1.88. The normalized spacial score (nSPS) is 10.4. The minimum Gasteiger partial charge on any atom is -0.618 e. The molecule has 0 fully saturated rings. The van der Waals surface area contributed by atoms with Gasteiger partial charge in [0.1, 0.15) is 0 Å². The second kappa shape index (κ2) is 6.27. The molecule has 22 heavy (non-hydrogen) atoms. The van der Waals surface area contributed by atoms with E-state index in [0.717, 1.165) is 22.3 Å². The highest BCUT2D eigenvalue weighted by molar-refractivity contribution is 5.75. The second-order valence-electron chi connectivity index (χ2n) is 5.25. The number of nitrogens with zero attached hydrogens (tertiary/aromatic N) is 1. The number of hydrogen-bond donors (Lipinski definition) is 0. The van der Waals surface area contributed by atoms with E-state index < -0.39 is 0 Å². The Morgan fingerprint density at radius 1 is 0.864 bits per heavy atom. The maximum atomic E-state index is 11.9. The number of benzene rings is 2. The molecule has 0 saturated heterocycles. The van der Waals surface area contributed by atoms with E-state index in [-0.39, 0.29) is 0 Å². The molecule has 0 aliphatic heterocycles. The third kappa shape index (κ3) is 3.07. The summed E-state index contributed by atoms with van der Waals surface area (Å²) < 4.78 is 0.853. The summed E-state index contributed by atoms with van der Waals surface area (Å²) in [7, 11) is 0. The van der Waals surface area contributed by atoms with E-state index in [1.807, 2.05) is 36.4 Å². The van der Waals surface area contributed by atoms with Crippen molar-refractivity contribution >= 4 is 5.57 Å². The summed E-state index contributed by atoms with van der Waals surface area (Å²) in [5.74, 6) is 0. The van der Waals surface area contributed by atoms with Crippen molar-refractivity contribution in [2.45, 2.75) is 6.42 Å². The van der Waals surface area contributed by atoms with Crippen LogP contribution in [0, 0.1) is 5.21 Å². The van der Waals surface area contributed by atoms with Crippen LogP contribution >= 0.6 is 0 Å². The van der Waals surface area contributed by atoms with E-state index in [2.05, 4.69) is 30.8 Å². The third-order valence-electron chi connectivity index (χ3n) is 3.66. The van der Waals surface area contributed by atoms with E-state index in [0.29, 0.717) is 5.69 Å². The zero-order valence-electron chi connectivity index (χ0n) is 12.3. The lowest BCUT2D eigenvalue weighted by Gasteiger charge is -2.09. The molecule has 0 N–H and O–H groups in total. The van der Waals surface area contributed by atoms with Gasteiger partial charge < -0.3 is 5.21 Å². The van der Waals surface area contributed by atoms with Crippen LogP contribution < -0.4 is 4.73 Å². The Morgan fingerprint density at radius 2 is 1.59 bits per heavy atom. The van der Waals surface area contributed by atoms with Gasteiger partial charge in [-0.05, 0) is 29.2 Å². The number of aromatic nitrogens is 1. The van der Waals surface area contributed by atoms with Gasteiger partial charge >= 0.3 is 0 Å². The molecule has 108 valence electrons. The Morgan fingerprint density at radius 3 is 2.36 bits per heavy atom. The van der Waals surface area contributed by atoms with Crippen molar-refractivity contribution in [1.29, 1.82) is 0 Å². The fourth-order valence-corrected chi connectivity index (χ4v) is 2.51. The molecule has 3 rings (SSSR count). The molecule has 2 heteroatoms. The SMILES string of the molecule is C=C(c1cccc(Cc2ccccc2)c1)c1cccc[n+]1[O-]. The summed E-state index contributed by atoms with van der Waals surface area (Å²) in [5, 5.41) is 11.9. The van der Waals surface area contributed by atoms with Gasteiger partial charge in [-0.3, -0.25) is 0 Å². The molecule has 3 aromatic rings. The van der Waals surface area contributed by atoms with Gasteiger partial charge in [0, 0.05) is 17.7 Å². The monoisotopic (exact) mass is 287 g/mol. The molecule has 2 nitrogen and oxygen atoms in total. The third-order valence-corrected chi connectivity index (χ3v) is 3.66. The molecule has 0 unspecified atom stereocenters.